The molecule has 3 aromatic rings. The number of hydrogen-bond donors (Lipinski definition) is 1. The molecule has 1 N–H and O–H groups in total. The number of nitriles is 1. The molecular formula is C22H15F3N2O2. The third-order valence-corrected chi connectivity index (χ3v) is 4.15. The number of allylic oxidation sites excluding steroid dienone is 1. The molecule has 0 saturated carbocycles. The number of furan rings is 1. The number of nitrogens with one attached hydrogen (secondary N) is 1. The maximum Gasteiger partial charge on any atom is 0.416 e. The van der Waals surface area contributed by atoms with Crippen LogP contribution in [0.15, 0.2) is 70.8 Å². The van der Waals surface area contributed by atoms with Gasteiger partial charge in [-0.25, -0.2) is 0 Å². The molecule has 0 atom stereocenters. The first-order chi connectivity index (χ1) is 13.8. The summed E-state index contributed by atoms with van der Waals surface area (Å²) in [6.07, 6.45) is -3.15. The average Bonchev–Trinajstić information content (AvgIpc) is 3.15. The lowest BCUT2D eigenvalue weighted by Crippen LogP contribution is -2.22. The molecule has 1 heterocycles. The summed E-state index contributed by atoms with van der Waals surface area (Å²) in [5.41, 5.74) is 0.599. The normalized spacial score (nSPS) is 11.8. The summed E-state index contributed by atoms with van der Waals surface area (Å²) in [6.45, 7) is 1.78. The predicted octanol–water partition coefficient (Wildman–Crippen LogP) is 5.57. The van der Waals surface area contributed by atoms with Crippen LogP contribution in [0.3, 0.4) is 0 Å². The third-order valence-electron chi connectivity index (χ3n) is 4.15. The van der Waals surface area contributed by atoms with Crippen molar-refractivity contribution in [2.75, 3.05) is 0 Å². The summed E-state index contributed by atoms with van der Waals surface area (Å²) in [7, 11) is 0. The Morgan fingerprint density at radius 1 is 1.10 bits per heavy atom. The third kappa shape index (κ3) is 4.74. The van der Waals surface area contributed by atoms with Crippen LogP contribution < -0.4 is 5.32 Å². The van der Waals surface area contributed by atoms with Crippen LogP contribution in [0, 0.1) is 18.3 Å². The van der Waals surface area contributed by atoms with Crippen molar-refractivity contribution < 1.29 is 22.4 Å². The van der Waals surface area contributed by atoms with E-state index in [1.165, 1.54) is 30.3 Å². The number of nitrogens with zero attached hydrogens (tertiary/aromatic N) is 1. The lowest BCUT2D eigenvalue weighted by atomic mass is 10.1. The highest BCUT2D eigenvalue weighted by Crippen LogP contribution is 2.32. The van der Waals surface area contributed by atoms with Crippen molar-refractivity contribution in [1.29, 1.82) is 5.26 Å². The smallest absolute Gasteiger partial charge is 0.416 e. The highest BCUT2D eigenvalue weighted by molar-refractivity contribution is 5.97. The number of amides is 1. The zero-order valence-corrected chi connectivity index (χ0v) is 15.2. The molecule has 146 valence electrons. The average molecular weight is 396 g/mol. The summed E-state index contributed by atoms with van der Waals surface area (Å²) < 4.78 is 44.2. The summed E-state index contributed by atoms with van der Waals surface area (Å²) in [6, 6.07) is 16.5. The Morgan fingerprint density at radius 3 is 2.55 bits per heavy atom. The van der Waals surface area contributed by atoms with Gasteiger partial charge in [-0.3, -0.25) is 4.79 Å². The highest BCUT2D eigenvalue weighted by Gasteiger charge is 2.30. The number of rotatable bonds is 4. The SMILES string of the molecule is Cc1ccccc1C(=O)N/C(C#N)=C/c1ccc(-c2cccc(C(F)(F)F)c2)o1. The van der Waals surface area contributed by atoms with Crippen molar-refractivity contribution in [1.82, 2.24) is 5.32 Å². The van der Waals surface area contributed by atoms with Gasteiger partial charge in [-0.2, -0.15) is 18.4 Å². The molecule has 0 radical (unpaired) electrons. The van der Waals surface area contributed by atoms with Crippen LogP contribution in [-0.2, 0) is 6.18 Å². The number of alkyl halides is 3. The lowest BCUT2D eigenvalue weighted by molar-refractivity contribution is -0.137. The molecule has 2 aromatic carbocycles. The molecule has 1 amide bonds. The van der Waals surface area contributed by atoms with Crippen molar-refractivity contribution in [3.63, 3.8) is 0 Å². The van der Waals surface area contributed by atoms with E-state index >= 15 is 0 Å². The molecule has 7 heteroatoms. The Morgan fingerprint density at radius 2 is 1.86 bits per heavy atom. The molecule has 0 saturated heterocycles. The minimum absolute atomic E-state index is 0.0526. The summed E-state index contributed by atoms with van der Waals surface area (Å²) in [5.74, 6) is -0.00975. The van der Waals surface area contributed by atoms with Gasteiger partial charge >= 0.3 is 6.18 Å². The first-order valence-corrected chi connectivity index (χ1v) is 8.54. The van der Waals surface area contributed by atoms with Gasteiger partial charge in [-0.05, 0) is 42.8 Å². The summed E-state index contributed by atoms with van der Waals surface area (Å²) in [5, 5.41) is 11.8. The highest BCUT2D eigenvalue weighted by atomic mass is 19.4. The van der Waals surface area contributed by atoms with Crippen molar-refractivity contribution in [2.45, 2.75) is 13.1 Å². The van der Waals surface area contributed by atoms with Crippen molar-refractivity contribution in [2.24, 2.45) is 0 Å². The number of halogens is 3. The minimum atomic E-state index is -4.46. The van der Waals surface area contributed by atoms with Crippen LogP contribution in [-0.4, -0.2) is 5.91 Å². The first-order valence-electron chi connectivity index (χ1n) is 8.54. The van der Waals surface area contributed by atoms with Crippen molar-refractivity contribution in [3.05, 3.63) is 88.8 Å². The van der Waals surface area contributed by atoms with E-state index < -0.39 is 17.6 Å². The summed E-state index contributed by atoms with van der Waals surface area (Å²) in [4.78, 5) is 12.3. The van der Waals surface area contributed by atoms with Gasteiger partial charge in [-0.15, -0.1) is 0 Å². The fourth-order valence-electron chi connectivity index (χ4n) is 2.69. The monoisotopic (exact) mass is 396 g/mol. The zero-order chi connectivity index (χ0) is 21.0. The van der Waals surface area contributed by atoms with Gasteiger partial charge in [0.05, 0.1) is 5.56 Å². The van der Waals surface area contributed by atoms with Crippen LogP contribution in [0.25, 0.3) is 17.4 Å². The predicted molar refractivity (Wildman–Crippen MR) is 101 cm³/mol. The Hall–Kier alpha value is -3.79. The van der Waals surface area contributed by atoms with Gasteiger partial charge in [-0.1, -0.05) is 30.3 Å². The molecule has 0 aliphatic rings. The van der Waals surface area contributed by atoms with Gasteiger partial charge in [0.15, 0.2) is 0 Å². The minimum Gasteiger partial charge on any atom is -0.457 e. The quantitative estimate of drug-likeness (QED) is 0.587. The maximum absolute atomic E-state index is 12.9. The standard InChI is InChI=1S/C22H15F3N2O2/c1-14-5-2-3-8-19(14)21(28)27-17(13-26)12-18-9-10-20(29-18)15-6-4-7-16(11-15)22(23,24)25/h2-12H,1H3,(H,27,28)/b17-12+. The van der Waals surface area contributed by atoms with Crippen LogP contribution in [0.2, 0.25) is 0 Å². The molecule has 0 spiro atoms. The van der Waals surface area contributed by atoms with E-state index in [9.17, 15) is 23.2 Å². The van der Waals surface area contributed by atoms with E-state index in [4.69, 9.17) is 4.42 Å². The van der Waals surface area contributed by atoms with Gasteiger partial charge in [0.25, 0.3) is 5.91 Å². The number of carbonyl (C=O) groups excluding carboxylic acids is 1. The molecule has 4 nitrogen and oxygen atoms in total. The van der Waals surface area contributed by atoms with E-state index in [0.717, 1.165) is 17.7 Å². The number of hydrogen-bond acceptors (Lipinski definition) is 3. The van der Waals surface area contributed by atoms with E-state index in [2.05, 4.69) is 5.32 Å². The van der Waals surface area contributed by atoms with Crippen LogP contribution in [0.1, 0.15) is 27.2 Å². The van der Waals surface area contributed by atoms with Crippen LogP contribution >= 0.6 is 0 Å². The largest absolute Gasteiger partial charge is 0.457 e. The molecule has 3 rings (SSSR count). The maximum atomic E-state index is 12.9. The van der Waals surface area contributed by atoms with Gasteiger partial charge < -0.3 is 9.73 Å². The molecule has 29 heavy (non-hydrogen) atoms. The second-order valence-corrected chi connectivity index (χ2v) is 6.22. The lowest BCUT2D eigenvalue weighted by Gasteiger charge is -2.07. The molecular weight excluding hydrogens is 381 g/mol. The van der Waals surface area contributed by atoms with E-state index in [1.807, 2.05) is 6.07 Å². The Bertz CT molecular complexity index is 1120. The number of benzene rings is 2. The van der Waals surface area contributed by atoms with Crippen molar-refractivity contribution in [3.8, 4) is 17.4 Å². The molecule has 0 unspecified atom stereocenters. The van der Waals surface area contributed by atoms with Crippen LogP contribution in [0.5, 0.6) is 0 Å². The fourth-order valence-corrected chi connectivity index (χ4v) is 2.69. The second kappa shape index (κ2) is 8.07. The second-order valence-electron chi connectivity index (χ2n) is 6.22. The Labute approximate surface area is 164 Å². The van der Waals surface area contributed by atoms with Gasteiger partial charge in [0.1, 0.15) is 23.3 Å². The molecule has 0 fully saturated rings. The molecule has 0 bridgehead atoms. The number of carbonyl (C=O) groups is 1. The number of aryl methyl sites for hydroxylation is 1. The Kier molecular flexibility index (Phi) is 5.55. The van der Waals surface area contributed by atoms with E-state index in [-0.39, 0.29) is 22.8 Å². The van der Waals surface area contributed by atoms with Gasteiger partial charge in [0, 0.05) is 17.2 Å². The summed E-state index contributed by atoms with van der Waals surface area (Å²) >= 11 is 0. The zero-order valence-electron chi connectivity index (χ0n) is 15.2. The first kappa shape index (κ1) is 20.0. The topological polar surface area (TPSA) is 66.0 Å². The van der Waals surface area contributed by atoms with Gasteiger partial charge in [0.2, 0.25) is 0 Å². The van der Waals surface area contributed by atoms with E-state index in [0.29, 0.717) is 5.56 Å². The molecule has 0 aliphatic heterocycles. The fraction of sp³-hybridized carbons (Fsp3) is 0.0909. The van der Waals surface area contributed by atoms with Crippen molar-refractivity contribution >= 4 is 12.0 Å². The molecule has 1 aromatic heterocycles. The van der Waals surface area contributed by atoms with Crippen LogP contribution in [0.4, 0.5) is 13.2 Å². The Balaban J connectivity index is 1.82. The van der Waals surface area contributed by atoms with E-state index in [1.54, 1.807) is 31.2 Å². The molecule has 0 aliphatic carbocycles.